The van der Waals surface area contributed by atoms with Gasteiger partial charge in [-0.15, -0.1) is 0 Å². The molecule has 0 amide bonds. The van der Waals surface area contributed by atoms with E-state index in [9.17, 15) is 8.42 Å². The number of epoxide rings is 1. The van der Waals surface area contributed by atoms with Gasteiger partial charge in [0.2, 0.25) is 10.0 Å². The lowest BCUT2D eigenvalue weighted by Gasteiger charge is -2.12. The largest absolute Gasteiger partial charge is 0.353 e. The standard InChI is InChI=1S/C12H18N2O4S/c1-17-12-11(18-12)9(7-13)5-8-3-2-4-10(6-8)19(14,15)16/h2-4,6,9,11-12H,5,7,13H2,1H3,(H2,14,15,16). The predicted octanol–water partition coefficient (Wildman–Crippen LogP) is -0.177. The molecule has 0 spiro atoms. The van der Waals surface area contributed by atoms with Crippen LogP contribution in [0.15, 0.2) is 29.2 Å². The zero-order chi connectivity index (χ0) is 14.0. The van der Waals surface area contributed by atoms with E-state index in [1.807, 2.05) is 6.07 Å². The Kier molecular flexibility index (Phi) is 4.22. The maximum absolute atomic E-state index is 11.3. The average molecular weight is 286 g/mol. The van der Waals surface area contributed by atoms with Gasteiger partial charge in [-0.1, -0.05) is 12.1 Å². The summed E-state index contributed by atoms with van der Waals surface area (Å²) in [5, 5.41) is 5.11. The van der Waals surface area contributed by atoms with Crippen molar-refractivity contribution in [3.05, 3.63) is 29.8 Å². The van der Waals surface area contributed by atoms with Crippen LogP contribution in [-0.2, 0) is 25.9 Å². The molecule has 0 aromatic heterocycles. The molecule has 1 aliphatic rings. The van der Waals surface area contributed by atoms with Gasteiger partial charge in [0.15, 0.2) is 6.29 Å². The average Bonchev–Trinajstić information content (AvgIpc) is 3.14. The second-order valence-electron chi connectivity index (χ2n) is 4.60. The molecule has 0 saturated carbocycles. The van der Waals surface area contributed by atoms with E-state index in [2.05, 4.69) is 0 Å². The van der Waals surface area contributed by atoms with Crippen molar-refractivity contribution in [2.75, 3.05) is 13.7 Å². The van der Waals surface area contributed by atoms with E-state index in [1.165, 1.54) is 6.07 Å². The van der Waals surface area contributed by atoms with Crippen molar-refractivity contribution < 1.29 is 17.9 Å². The smallest absolute Gasteiger partial charge is 0.238 e. The number of nitrogens with two attached hydrogens (primary N) is 2. The highest BCUT2D eigenvalue weighted by Crippen LogP contribution is 2.31. The molecule has 0 radical (unpaired) electrons. The number of benzene rings is 1. The summed E-state index contributed by atoms with van der Waals surface area (Å²) in [4.78, 5) is 0.112. The molecular weight excluding hydrogens is 268 g/mol. The predicted molar refractivity (Wildman–Crippen MR) is 69.7 cm³/mol. The zero-order valence-corrected chi connectivity index (χ0v) is 11.5. The summed E-state index contributed by atoms with van der Waals surface area (Å²) in [7, 11) is -2.09. The molecule has 1 aromatic rings. The van der Waals surface area contributed by atoms with Crippen LogP contribution in [0.4, 0.5) is 0 Å². The molecule has 6 nitrogen and oxygen atoms in total. The van der Waals surface area contributed by atoms with Crippen molar-refractivity contribution in [1.82, 2.24) is 0 Å². The zero-order valence-electron chi connectivity index (χ0n) is 10.7. The fraction of sp³-hybridized carbons (Fsp3) is 0.500. The summed E-state index contributed by atoms with van der Waals surface area (Å²) in [6.07, 6.45) is 0.410. The van der Waals surface area contributed by atoms with Gasteiger partial charge in [-0.05, 0) is 30.7 Å². The van der Waals surface area contributed by atoms with Gasteiger partial charge in [0.1, 0.15) is 6.10 Å². The molecule has 7 heteroatoms. The molecule has 4 N–H and O–H groups in total. The van der Waals surface area contributed by atoms with Gasteiger partial charge in [-0.2, -0.15) is 0 Å². The summed E-state index contributed by atoms with van der Waals surface area (Å²) in [5.74, 6) is 0.0979. The Morgan fingerprint density at radius 1 is 1.47 bits per heavy atom. The lowest BCUT2D eigenvalue weighted by atomic mass is 9.96. The van der Waals surface area contributed by atoms with Gasteiger partial charge < -0.3 is 15.2 Å². The first-order valence-electron chi connectivity index (χ1n) is 5.95. The lowest BCUT2D eigenvalue weighted by molar-refractivity contribution is 0.0950. The van der Waals surface area contributed by atoms with Crippen LogP contribution in [0, 0.1) is 5.92 Å². The molecule has 1 fully saturated rings. The van der Waals surface area contributed by atoms with Crippen molar-refractivity contribution in [1.29, 1.82) is 0 Å². The molecule has 19 heavy (non-hydrogen) atoms. The SMILES string of the molecule is COC1OC1C(CN)Cc1cccc(S(N)(=O)=O)c1. The van der Waals surface area contributed by atoms with Crippen LogP contribution < -0.4 is 10.9 Å². The Morgan fingerprint density at radius 2 is 2.21 bits per heavy atom. The van der Waals surface area contributed by atoms with Crippen LogP contribution >= 0.6 is 0 Å². The summed E-state index contributed by atoms with van der Waals surface area (Å²) < 4.78 is 33.0. The van der Waals surface area contributed by atoms with E-state index in [4.69, 9.17) is 20.3 Å². The van der Waals surface area contributed by atoms with E-state index in [0.717, 1.165) is 5.56 Å². The number of methoxy groups -OCH3 is 1. The van der Waals surface area contributed by atoms with Gasteiger partial charge in [0, 0.05) is 13.0 Å². The van der Waals surface area contributed by atoms with Crippen LogP contribution in [0.25, 0.3) is 0 Å². The first-order valence-corrected chi connectivity index (χ1v) is 7.50. The Bertz CT molecular complexity index is 546. The van der Waals surface area contributed by atoms with Crippen LogP contribution in [0.3, 0.4) is 0 Å². The number of hydrogen-bond donors (Lipinski definition) is 2. The molecule has 106 valence electrons. The maximum Gasteiger partial charge on any atom is 0.238 e. The van der Waals surface area contributed by atoms with E-state index in [-0.39, 0.29) is 23.2 Å². The molecule has 1 heterocycles. The second-order valence-corrected chi connectivity index (χ2v) is 6.16. The lowest BCUT2D eigenvalue weighted by Crippen LogP contribution is -2.24. The minimum atomic E-state index is -3.68. The third-order valence-corrected chi connectivity index (χ3v) is 4.12. The molecule has 1 saturated heterocycles. The van der Waals surface area contributed by atoms with Crippen LogP contribution in [0.2, 0.25) is 0 Å². The molecule has 3 atom stereocenters. The molecule has 2 rings (SSSR count). The van der Waals surface area contributed by atoms with Crippen LogP contribution in [-0.4, -0.2) is 34.5 Å². The van der Waals surface area contributed by atoms with Gasteiger partial charge in [-0.3, -0.25) is 0 Å². The Balaban J connectivity index is 2.10. The third kappa shape index (κ3) is 3.52. The van der Waals surface area contributed by atoms with Crippen LogP contribution in [0.5, 0.6) is 0 Å². The Hall–Kier alpha value is -0.990. The minimum Gasteiger partial charge on any atom is -0.353 e. The number of hydrogen-bond acceptors (Lipinski definition) is 5. The fourth-order valence-electron chi connectivity index (χ4n) is 2.12. The summed E-state index contributed by atoms with van der Waals surface area (Å²) >= 11 is 0. The molecule has 0 aliphatic carbocycles. The number of primary sulfonamides is 1. The first kappa shape index (κ1) is 14.4. The highest BCUT2D eigenvalue weighted by molar-refractivity contribution is 7.89. The fourth-order valence-corrected chi connectivity index (χ4v) is 2.70. The first-order chi connectivity index (χ1) is 8.95. The molecule has 0 bridgehead atoms. The van der Waals surface area contributed by atoms with Gasteiger partial charge in [0.05, 0.1) is 4.90 Å². The Morgan fingerprint density at radius 3 is 2.74 bits per heavy atom. The van der Waals surface area contributed by atoms with E-state index in [0.29, 0.717) is 13.0 Å². The quantitative estimate of drug-likeness (QED) is 0.705. The van der Waals surface area contributed by atoms with Crippen molar-refractivity contribution in [3.8, 4) is 0 Å². The van der Waals surface area contributed by atoms with Crippen molar-refractivity contribution >= 4 is 10.0 Å². The van der Waals surface area contributed by atoms with Gasteiger partial charge in [0.25, 0.3) is 0 Å². The normalized spacial score (nSPS) is 24.2. The van der Waals surface area contributed by atoms with Crippen molar-refractivity contribution in [2.45, 2.75) is 23.7 Å². The van der Waals surface area contributed by atoms with E-state index < -0.39 is 10.0 Å². The highest BCUT2D eigenvalue weighted by Gasteiger charge is 2.44. The summed E-state index contributed by atoms with van der Waals surface area (Å²) in [6, 6.07) is 6.57. The molecule has 3 unspecified atom stereocenters. The number of ether oxygens (including phenoxy) is 2. The van der Waals surface area contributed by atoms with Crippen LogP contribution in [0.1, 0.15) is 5.56 Å². The highest BCUT2D eigenvalue weighted by atomic mass is 32.2. The Labute approximate surface area is 112 Å². The third-order valence-electron chi connectivity index (χ3n) is 3.21. The molecule has 1 aromatic carbocycles. The second kappa shape index (κ2) is 5.56. The summed E-state index contributed by atoms with van der Waals surface area (Å²) in [6.45, 7) is 0.449. The molecule has 1 aliphatic heterocycles. The monoisotopic (exact) mass is 286 g/mol. The van der Waals surface area contributed by atoms with Gasteiger partial charge >= 0.3 is 0 Å². The van der Waals surface area contributed by atoms with Crippen molar-refractivity contribution in [3.63, 3.8) is 0 Å². The number of rotatable bonds is 6. The maximum atomic E-state index is 11.3. The minimum absolute atomic E-state index is 0.0202. The summed E-state index contributed by atoms with van der Waals surface area (Å²) in [5.41, 5.74) is 6.59. The van der Waals surface area contributed by atoms with Gasteiger partial charge in [-0.25, -0.2) is 13.6 Å². The van der Waals surface area contributed by atoms with E-state index in [1.54, 1.807) is 19.2 Å². The van der Waals surface area contributed by atoms with E-state index >= 15 is 0 Å². The topological polar surface area (TPSA) is 108 Å². The molecular formula is C12H18N2O4S. The number of sulfonamides is 1. The van der Waals surface area contributed by atoms with Crippen molar-refractivity contribution in [2.24, 2.45) is 16.8 Å².